The predicted octanol–water partition coefficient (Wildman–Crippen LogP) is 3.63. The van der Waals surface area contributed by atoms with Gasteiger partial charge in [0.25, 0.3) is 0 Å². The Balaban J connectivity index is 2.15. The first-order valence-electron chi connectivity index (χ1n) is 7.61. The van der Waals surface area contributed by atoms with Gasteiger partial charge in [-0.2, -0.15) is 0 Å². The van der Waals surface area contributed by atoms with Crippen LogP contribution in [0, 0.1) is 20.8 Å². The summed E-state index contributed by atoms with van der Waals surface area (Å²) in [5.41, 5.74) is 16.1. The molecule has 5 nitrogen and oxygen atoms in total. The predicted molar refractivity (Wildman–Crippen MR) is 95.4 cm³/mol. The fraction of sp³-hybridized carbons (Fsp3) is 0.158. The topological polar surface area (TPSA) is 91.2 Å². The number of amides is 1. The van der Waals surface area contributed by atoms with E-state index in [1.165, 1.54) is 0 Å². The van der Waals surface area contributed by atoms with Crippen molar-refractivity contribution in [1.29, 1.82) is 0 Å². The lowest BCUT2D eigenvalue weighted by atomic mass is 10.0. The average Bonchev–Trinajstić information content (AvgIpc) is 2.54. The van der Waals surface area contributed by atoms with Gasteiger partial charge in [0, 0.05) is 22.8 Å². The number of pyridine rings is 1. The number of aryl methyl sites for hydroxylation is 1. The zero-order valence-corrected chi connectivity index (χ0v) is 13.9. The van der Waals surface area contributed by atoms with E-state index in [4.69, 9.17) is 16.2 Å². The first-order valence-corrected chi connectivity index (χ1v) is 7.61. The molecule has 5 heteroatoms. The molecule has 122 valence electrons. The van der Waals surface area contributed by atoms with E-state index < -0.39 is 5.91 Å². The zero-order valence-electron chi connectivity index (χ0n) is 13.9. The highest BCUT2D eigenvalue weighted by atomic mass is 16.5. The van der Waals surface area contributed by atoms with Gasteiger partial charge in [0.2, 0.25) is 5.91 Å². The van der Waals surface area contributed by atoms with Gasteiger partial charge in [0.1, 0.15) is 11.5 Å². The van der Waals surface area contributed by atoms with Gasteiger partial charge in [0.15, 0.2) is 0 Å². The largest absolute Gasteiger partial charge is 0.456 e. The summed E-state index contributed by atoms with van der Waals surface area (Å²) in [7, 11) is 0. The van der Waals surface area contributed by atoms with Crippen molar-refractivity contribution < 1.29 is 9.53 Å². The van der Waals surface area contributed by atoms with Gasteiger partial charge < -0.3 is 16.2 Å². The minimum atomic E-state index is -0.469. The minimum absolute atomic E-state index is 0.463. The summed E-state index contributed by atoms with van der Waals surface area (Å²) in [6.07, 6.45) is 1.68. The average molecular weight is 321 g/mol. The van der Waals surface area contributed by atoms with E-state index in [9.17, 15) is 4.79 Å². The molecule has 0 aliphatic rings. The van der Waals surface area contributed by atoms with Gasteiger partial charge in [-0.25, -0.2) is 0 Å². The summed E-state index contributed by atoms with van der Waals surface area (Å²) in [5.74, 6) is 0.869. The highest BCUT2D eigenvalue weighted by Crippen LogP contribution is 2.34. The lowest BCUT2D eigenvalue weighted by molar-refractivity contribution is 0.1000. The molecule has 2 aromatic carbocycles. The molecular formula is C19H19N3O2. The van der Waals surface area contributed by atoms with Crippen molar-refractivity contribution in [2.45, 2.75) is 20.8 Å². The van der Waals surface area contributed by atoms with Crippen molar-refractivity contribution in [2.75, 3.05) is 5.73 Å². The van der Waals surface area contributed by atoms with Gasteiger partial charge in [-0.3, -0.25) is 9.78 Å². The molecule has 0 unspecified atom stereocenters. The summed E-state index contributed by atoms with van der Waals surface area (Å²) in [5, 5.41) is 0.741. The van der Waals surface area contributed by atoms with Crippen LogP contribution in [0.15, 0.2) is 36.5 Å². The molecule has 0 saturated carbocycles. The molecule has 24 heavy (non-hydrogen) atoms. The number of hydrogen-bond acceptors (Lipinski definition) is 4. The normalized spacial score (nSPS) is 10.8. The van der Waals surface area contributed by atoms with Crippen LogP contribution >= 0.6 is 0 Å². The SMILES string of the molecule is Cc1cc2nccc(Oc3ccc(N)c(C)c3C)c2cc1C(N)=O. The lowest BCUT2D eigenvalue weighted by Crippen LogP contribution is -2.12. The van der Waals surface area contributed by atoms with Crippen molar-refractivity contribution >= 4 is 22.5 Å². The summed E-state index contributed by atoms with van der Waals surface area (Å²) in [6, 6.07) is 9.00. The van der Waals surface area contributed by atoms with Crippen LogP contribution in [-0.2, 0) is 0 Å². The van der Waals surface area contributed by atoms with Crippen molar-refractivity contribution in [3.05, 3.63) is 58.8 Å². The van der Waals surface area contributed by atoms with E-state index in [1.807, 2.05) is 39.0 Å². The monoisotopic (exact) mass is 321 g/mol. The molecular weight excluding hydrogens is 302 g/mol. The lowest BCUT2D eigenvalue weighted by Gasteiger charge is -2.14. The Bertz CT molecular complexity index is 964. The van der Waals surface area contributed by atoms with E-state index in [0.29, 0.717) is 11.3 Å². The third-order valence-corrected chi connectivity index (χ3v) is 4.31. The van der Waals surface area contributed by atoms with E-state index in [0.717, 1.165) is 39.0 Å². The van der Waals surface area contributed by atoms with Crippen LogP contribution in [0.1, 0.15) is 27.0 Å². The highest BCUT2D eigenvalue weighted by Gasteiger charge is 2.13. The van der Waals surface area contributed by atoms with E-state index in [2.05, 4.69) is 4.98 Å². The number of hydrogen-bond donors (Lipinski definition) is 2. The van der Waals surface area contributed by atoms with Gasteiger partial charge in [-0.1, -0.05) is 0 Å². The van der Waals surface area contributed by atoms with Crippen molar-refractivity contribution in [3.63, 3.8) is 0 Å². The fourth-order valence-electron chi connectivity index (χ4n) is 2.67. The van der Waals surface area contributed by atoms with Gasteiger partial charge in [-0.15, -0.1) is 0 Å². The smallest absolute Gasteiger partial charge is 0.248 e. The maximum Gasteiger partial charge on any atom is 0.248 e. The Labute approximate surface area is 140 Å². The molecule has 0 saturated heterocycles. The molecule has 0 aliphatic heterocycles. The number of aromatic nitrogens is 1. The van der Waals surface area contributed by atoms with E-state index in [1.54, 1.807) is 18.3 Å². The van der Waals surface area contributed by atoms with Crippen LogP contribution in [-0.4, -0.2) is 10.9 Å². The molecule has 0 radical (unpaired) electrons. The minimum Gasteiger partial charge on any atom is -0.456 e. The molecule has 0 aliphatic carbocycles. The number of anilines is 1. The molecule has 0 fully saturated rings. The first kappa shape index (κ1) is 15.8. The number of carbonyl (C=O) groups excluding carboxylic acids is 1. The Morgan fingerprint density at radius 2 is 1.79 bits per heavy atom. The third kappa shape index (κ3) is 2.65. The first-order chi connectivity index (χ1) is 11.4. The summed E-state index contributed by atoms with van der Waals surface area (Å²) >= 11 is 0. The second kappa shape index (κ2) is 5.85. The van der Waals surface area contributed by atoms with Crippen molar-refractivity contribution in [2.24, 2.45) is 5.73 Å². The molecule has 1 amide bonds. The molecule has 0 spiro atoms. The quantitative estimate of drug-likeness (QED) is 0.721. The standard InChI is InChI=1S/C19H19N3O2/c1-10-8-16-14(9-13(10)19(21)23)18(6-7-22-16)24-17-5-4-15(20)11(2)12(17)3/h4-9H,20H2,1-3H3,(H2,21,23). The number of nitrogen functional groups attached to an aromatic ring is 1. The maximum atomic E-state index is 11.6. The number of nitrogens with two attached hydrogens (primary N) is 2. The van der Waals surface area contributed by atoms with Gasteiger partial charge in [0.05, 0.1) is 5.52 Å². The van der Waals surface area contributed by atoms with Crippen LogP contribution in [0.2, 0.25) is 0 Å². The fourth-order valence-corrected chi connectivity index (χ4v) is 2.67. The second-order valence-corrected chi connectivity index (χ2v) is 5.86. The molecule has 1 heterocycles. The number of primary amides is 1. The maximum absolute atomic E-state index is 11.6. The summed E-state index contributed by atoms with van der Waals surface area (Å²) in [6.45, 7) is 5.75. The Kier molecular flexibility index (Phi) is 3.85. The van der Waals surface area contributed by atoms with Crippen molar-refractivity contribution in [1.82, 2.24) is 4.98 Å². The number of fused-ring (bicyclic) bond motifs is 1. The van der Waals surface area contributed by atoms with E-state index >= 15 is 0 Å². The summed E-state index contributed by atoms with van der Waals surface area (Å²) in [4.78, 5) is 16.0. The van der Waals surface area contributed by atoms with Crippen LogP contribution in [0.4, 0.5) is 5.69 Å². The second-order valence-electron chi connectivity index (χ2n) is 5.86. The van der Waals surface area contributed by atoms with Crippen LogP contribution in [0.5, 0.6) is 11.5 Å². The highest BCUT2D eigenvalue weighted by molar-refractivity contribution is 5.99. The van der Waals surface area contributed by atoms with E-state index in [-0.39, 0.29) is 0 Å². The number of nitrogens with zero attached hydrogens (tertiary/aromatic N) is 1. The van der Waals surface area contributed by atoms with Gasteiger partial charge in [-0.05, 0) is 67.8 Å². The van der Waals surface area contributed by atoms with Crippen LogP contribution < -0.4 is 16.2 Å². The van der Waals surface area contributed by atoms with Crippen molar-refractivity contribution in [3.8, 4) is 11.5 Å². The molecule has 1 aromatic heterocycles. The zero-order chi connectivity index (χ0) is 17.4. The number of rotatable bonds is 3. The number of ether oxygens (including phenoxy) is 1. The molecule has 3 aromatic rings. The Morgan fingerprint density at radius 3 is 2.50 bits per heavy atom. The number of carbonyl (C=O) groups is 1. The Morgan fingerprint density at radius 1 is 1.04 bits per heavy atom. The third-order valence-electron chi connectivity index (χ3n) is 4.31. The Hall–Kier alpha value is -3.08. The molecule has 0 bridgehead atoms. The van der Waals surface area contributed by atoms with Crippen LogP contribution in [0.3, 0.4) is 0 Å². The molecule has 3 rings (SSSR count). The summed E-state index contributed by atoms with van der Waals surface area (Å²) < 4.78 is 6.09. The molecule has 4 N–H and O–H groups in total. The number of benzene rings is 2. The van der Waals surface area contributed by atoms with Crippen LogP contribution in [0.25, 0.3) is 10.9 Å². The van der Waals surface area contributed by atoms with Gasteiger partial charge >= 0.3 is 0 Å². The molecule has 0 atom stereocenters.